The molecule has 0 unspecified atom stereocenters. The van der Waals surface area contributed by atoms with Crippen LogP contribution in [0.2, 0.25) is 0 Å². The zero-order valence-corrected chi connectivity index (χ0v) is 16.4. The van der Waals surface area contributed by atoms with Crippen molar-refractivity contribution in [2.75, 3.05) is 11.9 Å². The van der Waals surface area contributed by atoms with Crippen LogP contribution in [0.15, 0.2) is 48.5 Å². The minimum Gasteiger partial charge on any atom is -0.324 e. The van der Waals surface area contributed by atoms with Crippen molar-refractivity contribution in [2.45, 2.75) is 39.2 Å². The number of hydrogen-bond acceptors (Lipinski definition) is 3. The highest BCUT2D eigenvalue weighted by atomic mass is 16.2. The molecule has 0 bridgehead atoms. The summed E-state index contributed by atoms with van der Waals surface area (Å²) in [5.74, 6) is -0.792. The molecule has 2 aromatic carbocycles. The molecule has 0 aromatic heterocycles. The summed E-state index contributed by atoms with van der Waals surface area (Å²) in [4.78, 5) is 39.3. The van der Waals surface area contributed by atoms with Gasteiger partial charge in [0.2, 0.25) is 5.91 Å². The first-order valence-electron chi connectivity index (χ1n) is 9.44. The number of imide groups is 1. The first-order chi connectivity index (χ1) is 13.4. The van der Waals surface area contributed by atoms with Gasteiger partial charge < -0.3 is 10.6 Å². The molecule has 0 aliphatic carbocycles. The van der Waals surface area contributed by atoms with E-state index in [0.29, 0.717) is 18.5 Å². The molecular weight excluding hydrogens is 354 g/mol. The summed E-state index contributed by atoms with van der Waals surface area (Å²) < 4.78 is 0. The van der Waals surface area contributed by atoms with E-state index < -0.39 is 17.5 Å². The number of benzene rings is 2. The molecule has 1 aliphatic heterocycles. The smallest absolute Gasteiger partial charge is 0.324 e. The van der Waals surface area contributed by atoms with Crippen LogP contribution in [0.25, 0.3) is 0 Å². The van der Waals surface area contributed by atoms with Crippen molar-refractivity contribution in [3.8, 4) is 0 Å². The largest absolute Gasteiger partial charge is 0.325 e. The predicted molar refractivity (Wildman–Crippen MR) is 108 cm³/mol. The van der Waals surface area contributed by atoms with Gasteiger partial charge in [0.05, 0.1) is 0 Å². The summed E-state index contributed by atoms with van der Waals surface area (Å²) >= 11 is 0. The number of anilines is 1. The molecule has 3 rings (SSSR count). The fourth-order valence-corrected chi connectivity index (χ4v) is 3.58. The van der Waals surface area contributed by atoms with E-state index in [2.05, 4.69) is 10.6 Å². The Hall–Kier alpha value is -3.15. The Morgan fingerprint density at radius 2 is 1.82 bits per heavy atom. The lowest BCUT2D eigenvalue weighted by atomic mass is 9.85. The van der Waals surface area contributed by atoms with Gasteiger partial charge in [-0.05, 0) is 43.0 Å². The van der Waals surface area contributed by atoms with E-state index in [0.717, 1.165) is 21.6 Å². The fraction of sp³-hybridized carbons (Fsp3) is 0.318. The maximum absolute atomic E-state index is 13.2. The summed E-state index contributed by atoms with van der Waals surface area (Å²) in [6, 6.07) is 14.4. The van der Waals surface area contributed by atoms with Crippen molar-refractivity contribution < 1.29 is 14.4 Å². The Morgan fingerprint density at radius 1 is 1.11 bits per heavy atom. The van der Waals surface area contributed by atoms with Crippen LogP contribution < -0.4 is 10.6 Å². The second-order valence-electron chi connectivity index (χ2n) is 7.21. The Morgan fingerprint density at radius 3 is 2.50 bits per heavy atom. The highest BCUT2D eigenvalue weighted by molar-refractivity contribution is 6.10. The lowest BCUT2D eigenvalue weighted by Gasteiger charge is -2.26. The van der Waals surface area contributed by atoms with Crippen molar-refractivity contribution in [2.24, 2.45) is 0 Å². The molecule has 28 heavy (non-hydrogen) atoms. The van der Waals surface area contributed by atoms with Crippen molar-refractivity contribution in [1.82, 2.24) is 10.2 Å². The maximum Gasteiger partial charge on any atom is 0.325 e. The van der Waals surface area contributed by atoms with Crippen molar-refractivity contribution in [3.63, 3.8) is 0 Å². The third-order valence-electron chi connectivity index (χ3n) is 5.04. The summed E-state index contributed by atoms with van der Waals surface area (Å²) in [7, 11) is 0. The van der Waals surface area contributed by atoms with Crippen LogP contribution in [0.3, 0.4) is 0 Å². The summed E-state index contributed by atoms with van der Waals surface area (Å²) in [5, 5.41) is 5.64. The van der Waals surface area contributed by atoms with Crippen molar-refractivity contribution >= 4 is 23.5 Å². The summed E-state index contributed by atoms with van der Waals surface area (Å²) in [6.07, 6.45) is 1.18. The number of rotatable bonds is 6. The molecule has 1 heterocycles. The van der Waals surface area contributed by atoms with Gasteiger partial charge >= 0.3 is 6.03 Å². The number of carbonyl (C=O) groups is 3. The average molecular weight is 379 g/mol. The van der Waals surface area contributed by atoms with E-state index >= 15 is 0 Å². The normalized spacial score (nSPS) is 18.9. The van der Waals surface area contributed by atoms with E-state index in [9.17, 15) is 14.4 Å². The third kappa shape index (κ3) is 3.63. The van der Waals surface area contributed by atoms with Crippen molar-refractivity contribution in [3.05, 3.63) is 65.2 Å². The van der Waals surface area contributed by atoms with Gasteiger partial charge in [0.15, 0.2) is 0 Å². The molecule has 0 radical (unpaired) electrons. The molecule has 1 saturated heterocycles. The number of nitrogens with zero attached hydrogens (tertiary/aromatic N) is 1. The fourth-order valence-electron chi connectivity index (χ4n) is 3.58. The highest BCUT2D eigenvalue weighted by Gasteiger charge is 2.52. The van der Waals surface area contributed by atoms with Crippen LogP contribution in [-0.2, 0) is 15.1 Å². The number of aryl methyl sites for hydroxylation is 2. The highest BCUT2D eigenvalue weighted by Crippen LogP contribution is 2.33. The molecular formula is C22H25N3O3. The van der Waals surface area contributed by atoms with Crippen LogP contribution in [-0.4, -0.2) is 29.3 Å². The van der Waals surface area contributed by atoms with Gasteiger partial charge in [-0.15, -0.1) is 0 Å². The van der Waals surface area contributed by atoms with Crippen LogP contribution in [0, 0.1) is 13.8 Å². The first-order valence-corrected chi connectivity index (χ1v) is 9.44. The monoisotopic (exact) mass is 379 g/mol. The topological polar surface area (TPSA) is 78.5 Å². The zero-order chi connectivity index (χ0) is 20.3. The molecule has 1 aliphatic rings. The van der Waals surface area contributed by atoms with Gasteiger partial charge in [0.25, 0.3) is 5.91 Å². The molecule has 6 nitrogen and oxygen atoms in total. The minimum absolute atomic E-state index is 0.323. The van der Waals surface area contributed by atoms with Gasteiger partial charge in [0.1, 0.15) is 12.1 Å². The van der Waals surface area contributed by atoms with Crippen LogP contribution >= 0.6 is 0 Å². The van der Waals surface area contributed by atoms with E-state index in [1.54, 1.807) is 0 Å². The average Bonchev–Trinajstić information content (AvgIpc) is 2.91. The second kappa shape index (κ2) is 7.84. The molecule has 0 saturated carbocycles. The number of urea groups is 1. The Labute approximate surface area is 164 Å². The van der Waals surface area contributed by atoms with Gasteiger partial charge in [-0.2, -0.15) is 0 Å². The van der Waals surface area contributed by atoms with Gasteiger partial charge in [0, 0.05) is 5.69 Å². The second-order valence-corrected chi connectivity index (χ2v) is 7.21. The van der Waals surface area contributed by atoms with Crippen LogP contribution in [0.5, 0.6) is 0 Å². The molecule has 2 N–H and O–H groups in total. The Balaban J connectivity index is 1.81. The molecule has 1 fully saturated rings. The van der Waals surface area contributed by atoms with Gasteiger partial charge in [-0.1, -0.05) is 55.8 Å². The number of nitrogens with one attached hydrogen (secondary N) is 2. The standard InChI is InChI=1S/C22H25N3O3/c1-4-12-22(17-8-6-5-7-9-17)20(27)25(21(28)24-22)14-19(26)23-18-13-15(2)10-11-16(18)3/h5-11,13H,4,12,14H2,1-3H3,(H,23,26)(H,24,28)/t22-/m1/s1. The van der Waals surface area contributed by atoms with Gasteiger partial charge in [-0.3, -0.25) is 14.5 Å². The molecule has 4 amide bonds. The predicted octanol–water partition coefficient (Wildman–Crippen LogP) is 3.49. The quantitative estimate of drug-likeness (QED) is 0.754. The molecule has 2 aromatic rings. The lowest BCUT2D eigenvalue weighted by Crippen LogP contribution is -2.44. The van der Waals surface area contributed by atoms with Crippen molar-refractivity contribution in [1.29, 1.82) is 0 Å². The Bertz CT molecular complexity index is 910. The minimum atomic E-state index is -1.12. The van der Waals surface area contributed by atoms with Gasteiger partial charge in [-0.25, -0.2) is 4.79 Å². The number of carbonyl (C=O) groups excluding carboxylic acids is 3. The zero-order valence-electron chi connectivity index (χ0n) is 16.4. The first kappa shape index (κ1) is 19.6. The van der Waals surface area contributed by atoms with Crippen LogP contribution in [0.1, 0.15) is 36.5 Å². The molecule has 146 valence electrons. The number of amides is 4. The summed E-state index contributed by atoms with van der Waals surface area (Å²) in [6.45, 7) is 5.46. The SMILES string of the molecule is CCC[C@]1(c2ccccc2)NC(=O)N(CC(=O)Nc2cc(C)ccc2C)C1=O. The lowest BCUT2D eigenvalue weighted by molar-refractivity contribution is -0.134. The van der Waals surface area contributed by atoms with E-state index in [1.807, 2.05) is 69.3 Å². The van der Waals surface area contributed by atoms with Crippen LogP contribution in [0.4, 0.5) is 10.5 Å². The van der Waals surface area contributed by atoms with E-state index in [1.165, 1.54) is 0 Å². The van der Waals surface area contributed by atoms with E-state index in [-0.39, 0.29) is 12.5 Å². The maximum atomic E-state index is 13.2. The third-order valence-corrected chi connectivity index (χ3v) is 5.04. The van der Waals surface area contributed by atoms with E-state index in [4.69, 9.17) is 0 Å². The Kier molecular flexibility index (Phi) is 5.49. The summed E-state index contributed by atoms with van der Waals surface area (Å²) in [5.41, 5.74) is 2.22. The molecule has 6 heteroatoms. The number of hydrogen-bond donors (Lipinski definition) is 2. The molecule has 1 atom stereocenters. The molecule has 0 spiro atoms.